The summed E-state index contributed by atoms with van der Waals surface area (Å²) in [5.41, 5.74) is 0.222. The maximum absolute atomic E-state index is 10.7. The number of carbonyl (C=O) groups is 1. The lowest BCUT2D eigenvalue weighted by Gasteiger charge is -2.21. The third-order valence-electron chi connectivity index (χ3n) is 2.55. The highest BCUT2D eigenvalue weighted by atomic mass is 35.5. The van der Waals surface area contributed by atoms with Crippen LogP contribution < -0.4 is 0 Å². The second-order valence-corrected chi connectivity index (χ2v) is 4.67. The standard InChI is InChI=1S/C10H12ClN3O2/c1-6-3-7-12-10(2,4-8(15)16)5-14(7)13-9(6)11/h3H,4-5H2,1-2H3,(H,15,16). The van der Waals surface area contributed by atoms with Gasteiger partial charge in [-0.15, -0.1) is 0 Å². The minimum absolute atomic E-state index is 0.00692. The zero-order valence-electron chi connectivity index (χ0n) is 9.07. The molecule has 0 amide bonds. The first-order chi connectivity index (χ1) is 7.39. The van der Waals surface area contributed by atoms with E-state index in [1.807, 2.05) is 13.0 Å². The maximum atomic E-state index is 10.7. The molecule has 2 aliphatic rings. The minimum atomic E-state index is -0.859. The molecule has 1 atom stereocenters. The summed E-state index contributed by atoms with van der Waals surface area (Å²) < 4.78 is 0. The van der Waals surface area contributed by atoms with Crippen LogP contribution in [0.4, 0.5) is 0 Å². The van der Waals surface area contributed by atoms with Crippen LogP contribution in [0, 0.1) is 0 Å². The Labute approximate surface area is 98.1 Å². The average Bonchev–Trinajstić information content (AvgIpc) is 2.40. The van der Waals surface area contributed by atoms with Crippen molar-refractivity contribution < 1.29 is 9.90 Å². The number of rotatable bonds is 2. The van der Waals surface area contributed by atoms with Crippen molar-refractivity contribution in [3.63, 3.8) is 0 Å². The average molecular weight is 242 g/mol. The lowest BCUT2D eigenvalue weighted by molar-refractivity contribution is -0.138. The Morgan fingerprint density at radius 1 is 1.75 bits per heavy atom. The minimum Gasteiger partial charge on any atom is -0.481 e. The number of hydrogen-bond acceptors (Lipinski definition) is 4. The normalized spacial score (nSPS) is 28.2. The highest BCUT2D eigenvalue weighted by molar-refractivity contribution is 6.70. The molecule has 0 spiro atoms. The highest BCUT2D eigenvalue weighted by Gasteiger charge is 2.38. The summed E-state index contributed by atoms with van der Waals surface area (Å²) in [6.07, 6.45) is 1.81. The fourth-order valence-electron chi connectivity index (χ4n) is 1.83. The Kier molecular flexibility index (Phi) is 2.50. The summed E-state index contributed by atoms with van der Waals surface area (Å²) in [6, 6.07) is 0. The molecule has 16 heavy (non-hydrogen) atoms. The van der Waals surface area contributed by atoms with E-state index in [2.05, 4.69) is 10.1 Å². The maximum Gasteiger partial charge on any atom is 0.305 e. The third-order valence-corrected chi connectivity index (χ3v) is 2.92. The number of carboxylic acids is 1. The molecule has 2 aliphatic heterocycles. The lowest BCUT2D eigenvalue weighted by atomic mass is 10.0. The third kappa shape index (κ3) is 1.95. The van der Waals surface area contributed by atoms with Crippen LogP contribution in [0.1, 0.15) is 20.3 Å². The van der Waals surface area contributed by atoms with E-state index in [0.29, 0.717) is 17.6 Å². The highest BCUT2D eigenvalue weighted by Crippen LogP contribution is 2.28. The van der Waals surface area contributed by atoms with Crippen molar-refractivity contribution in [2.75, 3.05) is 6.54 Å². The molecule has 5 nitrogen and oxygen atoms in total. The number of hydrazone groups is 1. The van der Waals surface area contributed by atoms with Crippen molar-refractivity contribution >= 4 is 28.6 Å². The van der Waals surface area contributed by atoms with Crippen LogP contribution in [0.2, 0.25) is 0 Å². The fraction of sp³-hybridized carbons (Fsp3) is 0.500. The molecule has 0 radical (unpaired) electrons. The summed E-state index contributed by atoms with van der Waals surface area (Å²) in [5, 5.41) is 15.0. The molecule has 86 valence electrons. The predicted octanol–water partition coefficient (Wildman–Crippen LogP) is 1.45. The van der Waals surface area contributed by atoms with Gasteiger partial charge in [0.25, 0.3) is 0 Å². The van der Waals surface area contributed by atoms with Crippen LogP contribution in [0.3, 0.4) is 0 Å². The number of carboxylic acid groups (broad SMARTS) is 1. The molecule has 0 saturated heterocycles. The molecule has 2 rings (SSSR count). The van der Waals surface area contributed by atoms with Gasteiger partial charge in [0, 0.05) is 0 Å². The van der Waals surface area contributed by atoms with Crippen LogP contribution in [0.25, 0.3) is 0 Å². The van der Waals surface area contributed by atoms with Crippen molar-refractivity contribution in [3.05, 3.63) is 11.6 Å². The summed E-state index contributed by atoms with van der Waals surface area (Å²) in [4.78, 5) is 15.1. The summed E-state index contributed by atoms with van der Waals surface area (Å²) in [6.45, 7) is 4.10. The van der Waals surface area contributed by atoms with E-state index in [4.69, 9.17) is 16.7 Å². The Hall–Kier alpha value is -1.36. The second-order valence-electron chi connectivity index (χ2n) is 4.31. The Balaban J connectivity index is 2.27. The predicted molar refractivity (Wildman–Crippen MR) is 61.8 cm³/mol. The second kappa shape index (κ2) is 3.59. The van der Waals surface area contributed by atoms with Gasteiger partial charge in [0.1, 0.15) is 5.84 Å². The summed E-state index contributed by atoms with van der Waals surface area (Å²) >= 11 is 5.90. The van der Waals surface area contributed by atoms with Gasteiger partial charge in [0.05, 0.1) is 18.5 Å². The van der Waals surface area contributed by atoms with Gasteiger partial charge in [0.15, 0.2) is 5.17 Å². The van der Waals surface area contributed by atoms with Gasteiger partial charge in [0.2, 0.25) is 0 Å². The van der Waals surface area contributed by atoms with Gasteiger partial charge in [-0.1, -0.05) is 11.6 Å². The number of hydrogen-bond donors (Lipinski definition) is 1. The zero-order chi connectivity index (χ0) is 11.9. The van der Waals surface area contributed by atoms with E-state index < -0.39 is 11.5 Å². The van der Waals surface area contributed by atoms with E-state index in [0.717, 1.165) is 5.57 Å². The number of nitrogens with zero attached hydrogens (tertiary/aromatic N) is 3. The van der Waals surface area contributed by atoms with Crippen molar-refractivity contribution in [2.45, 2.75) is 25.8 Å². The molecular weight excluding hydrogens is 230 g/mol. The molecule has 1 unspecified atom stereocenters. The topological polar surface area (TPSA) is 65.3 Å². The van der Waals surface area contributed by atoms with E-state index >= 15 is 0 Å². The quantitative estimate of drug-likeness (QED) is 0.796. The monoisotopic (exact) mass is 241 g/mol. The van der Waals surface area contributed by atoms with Gasteiger partial charge in [-0.25, -0.2) is 5.01 Å². The summed E-state index contributed by atoms with van der Waals surface area (Å²) in [5.74, 6) is -0.173. The van der Waals surface area contributed by atoms with Crippen LogP contribution in [-0.4, -0.2) is 39.2 Å². The molecule has 0 bridgehead atoms. The van der Waals surface area contributed by atoms with Crippen molar-refractivity contribution in [1.82, 2.24) is 5.01 Å². The van der Waals surface area contributed by atoms with Gasteiger partial charge < -0.3 is 5.11 Å². The van der Waals surface area contributed by atoms with Crippen molar-refractivity contribution in [1.29, 1.82) is 0 Å². The van der Waals surface area contributed by atoms with Gasteiger partial charge in [-0.3, -0.25) is 9.79 Å². The summed E-state index contributed by atoms with van der Waals surface area (Å²) in [7, 11) is 0. The molecular formula is C10H12ClN3O2. The van der Waals surface area contributed by atoms with Gasteiger partial charge in [-0.2, -0.15) is 5.10 Å². The molecule has 0 aliphatic carbocycles. The number of aliphatic imine (C=N–C) groups is 1. The van der Waals surface area contributed by atoms with E-state index in [-0.39, 0.29) is 6.42 Å². The van der Waals surface area contributed by atoms with Crippen LogP contribution in [-0.2, 0) is 4.79 Å². The van der Waals surface area contributed by atoms with Gasteiger partial charge >= 0.3 is 5.97 Å². The molecule has 0 aromatic rings. The van der Waals surface area contributed by atoms with E-state index in [1.165, 1.54) is 0 Å². The molecule has 0 fully saturated rings. The van der Waals surface area contributed by atoms with Gasteiger partial charge in [-0.05, 0) is 25.5 Å². The van der Waals surface area contributed by atoms with E-state index in [9.17, 15) is 4.79 Å². The lowest BCUT2D eigenvalue weighted by Crippen LogP contribution is -2.33. The first kappa shape index (κ1) is 11.1. The number of fused-ring (bicyclic) bond motifs is 1. The molecule has 0 saturated carbocycles. The van der Waals surface area contributed by atoms with Crippen LogP contribution in [0.5, 0.6) is 0 Å². The Bertz CT molecular complexity index is 441. The first-order valence-corrected chi connectivity index (χ1v) is 5.29. The number of allylic oxidation sites excluding steroid dienone is 1. The van der Waals surface area contributed by atoms with Crippen molar-refractivity contribution in [2.24, 2.45) is 10.1 Å². The zero-order valence-corrected chi connectivity index (χ0v) is 9.82. The SMILES string of the molecule is CC1=CC2=NC(C)(CC(=O)O)CN2N=C1Cl. The number of aliphatic carboxylic acids is 1. The number of amidine groups is 1. The Morgan fingerprint density at radius 3 is 3.06 bits per heavy atom. The van der Waals surface area contributed by atoms with Crippen LogP contribution >= 0.6 is 11.6 Å². The first-order valence-electron chi connectivity index (χ1n) is 4.92. The molecule has 0 aromatic carbocycles. The molecule has 2 heterocycles. The Morgan fingerprint density at radius 2 is 2.44 bits per heavy atom. The number of halogens is 1. The fourth-order valence-corrected chi connectivity index (χ4v) is 1.97. The molecule has 0 aromatic heterocycles. The largest absolute Gasteiger partial charge is 0.481 e. The smallest absolute Gasteiger partial charge is 0.305 e. The molecule has 1 N–H and O–H groups in total. The van der Waals surface area contributed by atoms with Crippen LogP contribution in [0.15, 0.2) is 21.7 Å². The van der Waals surface area contributed by atoms with Crippen molar-refractivity contribution in [3.8, 4) is 0 Å². The molecule has 6 heteroatoms. The van der Waals surface area contributed by atoms with E-state index in [1.54, 1.807) is 11.9 Å².